The summed E-state index contributed by atoms with van der Waals surface area (Å²) < 4.78 is 13.9. The molecule has 2 aromatic rings. The molecular formula is C20H24FN3O2. The van der Waals surface area contributed by atoms with E-state index in [4.69, 9.17) is 0 Å². The number of hydrogen-bond donors (Lipinski definition) is 1. The Morgan fingerprint density at radius 1 is 1.12 bits per heavy atom. The summed E-state index contributed by atoms with van der Waals surface area (Å²) in [7, 11) is 0. The van der Waals surface area contributed by atoms with Crippen LogP contribution in [0.25, 0.3) is 0 Å². The lowest BCUT2D eigenvalue weighted by molar-refractivity contribution is 0.0921. The van der Waals surface area contributed by atoms with Gasteiger partial charge in [-0.15, -0.1) is 0 Å². The van der Waals surface area contributed by atoms with Crippen LogP contribution in [0.5, 0.6) is 0 Å². The number of rotatable bonds is 5. The molecule has 6 heteroatoms. The number of halogens is 1. The minimum absolute atomic E-state index is 0.0163. The highest BCUT2D eigenvalue weighted by molar-refractivity contribution is 6.03. The van der Waals surface area contributed by atoms with Crippen LogP contribution in [0, 0.1) is 19.7 Å². The molecule has 0 unspecified atom stereocenters. The van der Waals surface area contributed by atoms with E-state index in [1.807, 2.05) is 24.8 Å². The van der Waals surface area contributed by atoms with Gasteiger partial charge in [0, 0.05) is 37.4 Å². The fourth-order valence-corrected chi connectivity index (χ4v) is 3.69. The number of aromatic amines is 1. The molecular weight excluding hydrogens is 333 g/mol. The number of aryl methyl sites for hydroxylation is 1. The second-order valence-corrected chi connectivity index (χ2v) is 6.82. The van der Waals surface area contributed by atoms with E-state index in [0.717, 1.165) is 11.3 Å². The van der Waals surface area contributed by atoms with E-state index in [1.165, 1.54) is 13.0 Å². The van der Waals surface area contributed by atoms with Crippen molar-refractivity contribution in [3.8, 4) is 0 Å². The number of para-hydroxylation sites is 1. The Morgan fingerprint density at radius 2 is 1.77 bits per heavy atom. The van der Waals surface area contributed by atoms with Gasteiger partial charge in [-0.3, -0.25) is 14.5 Å². The van der Waals surface area contributed by atoms with Gasteiger partial charge in [-0.25, -0.2) is 4.39 Å². The monoisotopic (exact) mass is 357 g/mol. The summed E-state index contributed by atoms with van der Waals surface area (Å²) in [4.78, 5) is 31.6. The van der Waals surface area contributed by atoms with Gasteiger partial charge in [0.05, 0.1) is 17.9 Å². The van der Waals surface area contributed by atoms with E-state index in [-0.39, 0.29) is 17.4 Å². The maximum Gasteiger partial charge on any atom is 0.193 e. The summed E-state index contributed by atoms with van der Waals surface area (Å²) in [5, 5.41) is 0. The number of piperazine rings is 1. The van der Waals surface area contributed by atoms with Crippen molar-refractivity contribution < 1.29 is 14.0 Å². The van der Waals surface area contributed by atoms with Gasteiger partial charge in [0.1, 0.15) is 5.82 Å². The Kier molecular flexibility index (Phi) is 5.23. The highest BCUT2D eigenvalue weighted by Gasteiger charge is 2.24. The fraction of sp³-hybridized carbons (Fsp3) is 0.400. The molecule has 0 radical (unpaired) electrons. The number of Topliss-reactive ketones (excluding diaryl/α,β-unsaturated/α-hetero) is 2. The van der Waals surface area contributed by atoms with Gasteiger partial charge in [0.15, 0.2) is 11.6 Å². The number of anilines is 1. The van der Waals surface area contributed by atoms with Crippen molar-refractivity contribution in [1.82, 2.24) is 9.88 Å². The van der Waals surface area contributed by atoms with Gasteiger partial charge in [0.25, 0.3) is 0 Å². The van der Waals surface area contributed by atoms with Gasteiger partial charge >= 0.3 is 0 Å². The number of hydrogen-bond acceptors (Lipinski definition) is 4. The Bertz CT molecular complexity index is 836. The van der Waals surface area contributed by atoms with E-state index in [2.05, 4.69) is 9.88 Å². The van der Waals surface area contributed by atoms with Crippen LogP contribution >= 0.6 is 0 Å². The Hall–Kier alpha value is -2.47. The smallest absolute Gasteiger partial charge is 0.193 e. The summed E-state index contributed by atoms with van der Waals surface area (Å²) in [6.07, 6.45) is 0. The first-order chi connectivity index (χ1) is 12.4. The summed E-state index contributed by atoms with van der Waals surface area (Å²) >= 11 is 0. The number of benzene rings is 1. The molecule has 2 heterocycles. The van der Waals surface area contributed by atoms with Crippen LogP contribution < -0.4 is 4.90 Å². The molecule has 1 fully saturated rings. The molecule has 26 heavy (non-hydrogen) atoms. The van der Waals surface area contributed by atoms with Gasteiger partial charge in [-0.1, -0.05) is 12.1 Å². The van der Waals surface area contributed by atoms with E-state index < -0.39 is 0 Å². The quantitative estimate of drug-likeness (QED) is 0.836. The molecule has 0 saturated carbocycles. The SMILES string of the molecule is CC(=O)c1c(C)[nH]c(C(=O)CN2CCN(c3ccccc3F)CC2)c1C. The molecule has 1 saturated heterocycles. The van der Waals surface area contributed by atoms with Gasteiger partial charge in [-0.05, 0) is 38.5 Å². The number of nitrogens with one attached hydrogen (secondary N) is 1. The average molecular weight is 357 g/mol. The molecule has 3 rings (SSSR count). The normalized spacial score (nSPS) is 15.3. The third kappa shape index (κ3) is 3.55. The predicted molar refractivity (Wildman–Crippen MR) is 99.7 cm³/mol. The first-order valence-corrected chi connectivity index (χ1v) is 8.83. The van der Waals surface area contributed by atoms with Crippen molar-refractivity contribution >= 4 is 17.3 Å². The van der Waals surface area contributed by atoms with Crippen LogP contribution in [-0.4, -0.2) is 54.2 Å². The lowest BCUT2D eigenvalue weighted by atomic mass is 10.1. The minimum atomic E-state index is -0.216. The fourth-order valence-electron chi connectivity index (χ4n) is 3.69. The molecule has 1 aromatic heterocycles. The van der Waals surface area contributed by atoms with Crippen LogP contribution in [0.15, 0.2) is 24.3 Å². The first-order valence-electron chi connectivity index (χ1n) is 8.83. The molecule has 0 aliphatic carbocycles. The van der Waals surface area contributed by atoms with Crippen LogP contribution in [0.1, 0.15) is 39.0 Å². The number of nitrogens with zero attached hydrogens (tertiary/aromatic N) is 2. The van der Waals surface area contributed by atoms with Crippen LogP contribution in [0.4, 0.5) is 10.1 Å². The van der Waals surface area contributed by atoms with E-state index in [0.29, 0.717) is 49.7 Å². The molecule has 0 spiro atoms. The molecule has 1 aliphatic heterocycles. The summed E-state index contributed by atoms with van der Waals surface area (Å²) in [6.45, 7) is 8.17. The van der Waals surface area contributed by atoms with E-state index in [9.17, 15) is 14.0 Å². The van der Waals surface area contributed by atoms with Gasteiger partial charge < -0.3 is 9.88 Å². The molecule has 1 aliphatic rings. The standard InChI is InChI=1S/C20H24FN3O2/c1-13-19(15(3)25)14(2)22-20(13)18(26)12-23-8-10-24(11-9-23)17-7-5-4-6-16(17)21/h4-7,22H,8-12H2,1-3H3. The van der Waals surface area contributed by atoms with Crippen LogP contribution in [0.3, 0.4) is 0 Å². The van der Waals surface area contributed by atoms with Crippen molar-refractivity contribution in [2.75, 3.05) is 37.6 Å². The predicted octanol–water partition coefficient (Wildman–Crippen LogP) is 2.98. The second-order valence-electron chi connectivity index (χ2n) is 6.82. The van der Waals surface area contributed by atoms with Crippen molar-refractivity contribution in [3.63, 3.8) is 0 Å². The highest BCUT2D eigenvalue weighted by Crippen LogP contribution is 2.21. The lowest BCUT2D eigenvalue weighted by Gasteiger charge is -2.35. The summed E-state index contributed by atoms with van der Waals surface area (Å²) in [5.41, 5.74) is 3.20. The maximum absolute atomic E-state index is 13.9. The molecule has 0 atom stereocenters. The molecule has 0 bridgehead atoms. The maximum atomic E-state index is 13.9. The Morgan fingerprint density at radius 3 is 2.35 bits per heavy atom. The molecule has 1 aromatic carbocycles. The molecule has 1 N–H and O–H groups in total. The van der Waals surface area contributed by atoms with Gasteiger partial charge in [0.2, 0.25) is 0 Å². The third-order valence-electron chi connectivity index (χ3n) is 5.00. The summed E-state index contributed by atoms with van der Waals surface area (Å²) in [6, 6.07) is 6.76. The largest absolute Gasteiger partial charge is 0.367 e. The molecule has 138 valence electrons. The number of ketones is 2. The Balaban J connectivity index is 1.63. The van der Waals surface area contributed by atoms with E-state index in [1.54, 1.807) is 12.1 Å². The highest BCUT2D eigenvalue weighted by atomic mass is 19.1. The number of carbonyl (C=O) groups is 2. The molecule has 0 amide bonds. The topological polar surface area (TPSA) is 56.4 Å². The lowest BCUT2D eigenvalue weighted by Crippen LogP contribution is -2.48. The Labute approximate surface area is 152 Å². The number of aromatic nitrogens is 1. The van der Waals surface area contributed by atoms with Crippen molar-refractivity contribution in [2.24, 2.45) is 0 Å². The molecule has 5 nitrogen and oxygen atoms in total. The third-order valence-corrected chi connectivity index (χ3v) is 5.00. The first kappa shape index (κ1) is 18.3. The van der Waals surface area contributed by atoms with Crippen molar-refractivity contribution in [2.45, 2.75) is 20.8 Å². The average Bonchev–Trinajstić information content (AvgIpc) is 2.91. The zero-order valence-corrected chi connectivity index (χ0v) is 15.4. The van der Waals surface area contributed by atoms with Gasteiger partial charge in [-0.2, -0.15) is 0 Å². The minimum Gasteiger partial charge on any atom is -0.367 e. The van der Waals surface area contributed by atoms with Crippen molar-refractivity contribution in [3.05, 3.63) is 52.6 Å². The second kappa shape index (κ2) is 7.41. The number of carbonyl (C=O) groups excluding carboxylic acids is 2. The van der Waals surface area contributed by atoms with Crippen LogP contribution in [-0.2, 0) is 0 Å². The zero-order valence-electron chi connectivity index (χ0n) is 15.4. The van der Waals surface area contributed by atoms with Crippen molar-refractivity contribution in [1.29, 1.82) is 0 Å². The summed E-state index contributed by atoms with van der Waals surface area (Å²) in [5.74, 6) is -0.266. The number of H-pyrrole nitrogens is 1. The van der Waals surface area contributed by atoms with Crippen LogP contribution in [0.2, 0.25) is 0 Å². The van der Waals surface area contributed by atoms with E-state index >= 15 is 0 Å². The zero-order chi connectivity index (χ0) is 18.8.